The maximum Gasteiger partial charge on any atom is 0.268 e. The molecule has 20 heavy (non-hydrogen) atoms. The Balaban J connectivity index is 1.60. The lowest BCUT2D eigenvalue weighted by Gasteiger charge is -2.31. The van der Waals surface area contributed by atoms with Crippen molar-refractivity contribution in [2.24, 2.45) is 5.92 Å². The first-order valence-corrected chi connectivity index (χ1v) is 7.96. The first kappa shape index (κ1) is 13.7. The van der Waals surface area contributed by atoms with E-state index in [1.165, 1.54) is 12.8 Å². The summed E-state index contributed by atoms with van der Waals surface area (Å²) in [6, 6.07) is 4.00. The molecule has 0 radical (unpaired) electrons. The monoisotopic (exact) mass is 292 g/mol. The Morgan fingerprint density at radius 3 is 3.30 bits per heavy atom. The van der Waals surface area contributed by atoms with Crippen molar-refractivity contribution in [2.45, 2.75) is 19.4 Å². The molecule has 0 bridgehead atoms. The lowest BCUT2D eigenvalue weighted by atomic mass is 9.98. The molecule has 0 amide bonds. The molecule has 3 heterocycles. The lowest BCUT2D eigenvalue weighted by molar-refractivity contribution is 0.162. The largest absolute Gasteiger partial charge is 0.333 e. The van der Waals surface area contributed by atoms with Crippen molar-refractivity contribution in [3.8, 4) is 10.8 Å². The average molecular weight is 292 g/mol. The van der Waals surface area contributed by atoms with Crippen LogP contribution in [0.4, 0.5) is 0 Å². The molecular formula is C14H20N4OS. The summed E-state index contributed by atoms with van der Waals surface area (Å²) in [5.41, 5.74) is 0. The van der Waals surface area contributed by atoms with E-state index in [4.69, 9.17) is 4.52 Å². The summed E-state index contributed by atoms with van der Waals surface area (Å²) >= 11 is 1.62. The topological polar surface area (TPSA) is 54.2 Å². The SMILES string of the molecule is CNCC1CCCN(Cc2noc(-c3cccs3)n2)C1. The third kappa shape index (κ3) is 3.26. The molecule has 1 aliphatic rings. The van der Waals surface area contributed by atoms with Gasteiger partial charge in [-0.2, -0.15) is 4.98 Å². The smallest absolute Gasteiger partial charge is 0.268 e. The molecule has 3 rings (SSSR count). The minimum Gasteiger partial charge on any atom is -0.333 e. The van der Waals surface area contributed by atoms with E-state index in [0.717, 1.165) is 42.8 Å². The van der Waals surface area contributed by atoms with Crippen LogP contribution in [0.2, 0.25) is 0 Å². The standard InChI is InChI=1S/C14H20N4OS/c1-15-8-11-4-2-6-18(9-11)10-13-16-14(19-17-13)12-5-3-7-20-12/h3,5,7,11,15H,2,4,6,8-10H2,1H3. The predicted molar refractivity (Wildman–Crippen MR) is 79.5 cm³/mol. The Hall–Kier alpha value is -1.24. The van der Waals surface area contributed by atoms with Gasteiger partial charge in [-0.1, -0.05) is 11.2 Å². The van der Waals surface area contributed by atoms with E-state index in [1.807, 2.05) is 24.6 Å². The van der Waals surface area contributed by atoms with Gasteiger partial charge in [-0.15, -0.1) is 11.3 Å². The Morgan fingerprint density at radius 2 is 2.50 bits per heavy atom. The zero-order chi connectivity index (χ0) is 13.8. The Morgan fingerprint density at radius 1 is 1.55 bits per heavy atom. The third-order valence-electron chi connectivity index (χ3n) is 3.66. The molecule has 0 saturated carbocycles. The summed E-state index contributed by atoms with van der Waals surface area (Å²) in [7, 11) is 2.02. The van der Waals surface area contributed by atoms with Gasteiger partial charge >= 0.3 is 0 Å². The molecule has 0 aromatic carbocycles. The number of rotatable bonds is 5. The van der Waals surface area contributed by atoms with E-state index in [0.29, 0.717) is 5.89 Å². The van der Waals surface area contributed by atoms with Crippen LogP contribution in [0.3, 0.4) is 0 Å². The van der Waals surface area contributed by atoms with E-state index in [9.17, 15) is 0 Å². The fourth-order valence-corrected chi connectivity index (χ4v) is 3.41. The summed E-state index contributed by atoms with van der Waals surface area (Å²) in [6.45, 7) is 4.12. The van der Waals surface area contributed by atoms with Crippen LogP contribution in [0.1, 0.15) is 18.7 Å². The normalized spacial score (nSPS) is 20.4. The second-order valence-corrected chi connectivity index (χ2v) is 6.24. The van der Waals surface area contributed by atoms with E-state index >= 15 is 0 Å². The van der Waals surface area contributed by atoms with Crippen LogP contribution in [0, 0.1) is 5.92 Å². The molecule has 1 N–H and O–H groups in total. The van der Waals surface area contributed by atoms with E-state index in [1.54, 1.807) is 11.3 Å². The minimum atomic E-state index is 0.638. The second-order valence-electron chi connectivity index (χ2n) is 5.29. The molecule has 0 spiro atoms. The van der Waals surface area contributed by atoms with E-state index in [-0.39, 0.29) is 0 Å². The molecule has 1 fully saturated rings. The number of thiophene rings is 1. The number of likely N-dealkylation sites (tertiary alicyclic amines) is 1. The van der Waals surface area contributed by atoms with Gasteiger partial charge in [0.1, 0.15) is 0 Å². The Labute approximate surface area is 123 Å². The number of nitrogens with one attached hydrogen (secondary N) is 1. The molecule has 5 nitrogen and oxygen atoms in total. The summed E-state index contributed by atoms with van der Waals surface area (Å²) in [5, 5.41) is 9.39. The maximum absolute atomic E-state index is 5.34. The highest BCUT2D eigenvalue weighted by atomic mass is 32.1. The molecule has 1 unspecified atom stereocenters. The molecule has 6 heteroatoms. The first-order chi connectivity index (χ1) is 9.85. The van der Waals surface area contributed by atoms with Gasteiger partial charge in [0.2, 0.25) is 0 Å². The van der Waals surface area contributed by atoms with Crippen LogP contribution in [0.5, 0.6) is 0 Å². The first-order valence-electron chi connectivity index (χ1n) is 7.08. The fraction of sp³-hybridized carbons (Fsp3) is 0.571. The summed E-state index contributed by atoms with van der Waals surface area (Å²) in [6.07, 6.45) is 2.56. The summed E-state index contributed by atoms with van der Waals surface area (Å²) in [5.74, 6) is 2.16. The maximum atomic E-state index is 5.34. The molecule has 108 valence electrons. The van der Waals surface area contributed by atoms with Gasteiger partial charge in [-0.3, -0.25) is 4.90 Å². The lowest BCUT2D eigenvalue weighted by Crippen LogP contribution is -2.38. The van der Waals surface area contributed by atoms with Crippen LogP contribution in [0.25, 0.3) is 10.8 Å². The second kappa shape index (κ2) is 6.47. The van der Waals surface area contributed by atoms with Crippen molar-refractivity contribution in [1.29, 1.82) is 0 Å². The van der Waals surface area contributed by atoms with Crippen molar-refractivity contribution in [3.63, 3.8) is 0 Å². The molecular weight excluding hydrogens is 272 g/mol. The van der Waals surface area contributed by atoms with E-state index < -0.39 is 0 Å². The van der Waals surface area contributed by atoms with Gasteiger partial charge in [0, 0.05) is 6.54 Å². The van der Waals surface area contributed by atoms with Crippen molar-refractivity contribution in [1.82, 2.24) is 20.4 Å². The molecule has 1 saturated heterocycles. The van der Waals surface area contributed by atoms with Crippen LogP contribution >= 0.6 is 11.3 Å². The number of aromatic nitrogens is 2. The molecule has 1 aliphatic heterocycles. The van der Waals surface area contributed by atoms with Gasteiger partial charge < -0.3 is 9.84 Å². The van der Waals surface area contributed by atoms with Crippen molar-refractivity contribution in [2.75, 3.05) is 26.7 Å². The zero-order valence-electron chi connectivity index (χ0n) is 11.7. The molecule has 2 aromatic rings. The quantitative estimate of drug-likeness (QED) is 0.916. The van der Waals surface area contributed by atoms with E-state index in [2.05, 4.69) is 20.4 Å². The highest BCUT2D eigenvalue weighted by Gasteiger charge is 2.21. The highest BCUT2D eigenvalue weighted by Crippen LogP contribution is 2.23. The van der Waals surface area contributed by atoms with Crippen LogP contribution in [0.15, 0.2) is 22.0 Å². The molecule has 1 atom stereocenters. The van der Waals surface area contributed by atoms with Gasteiger partial charge in [-0.05, 0) is 50.3 Å². The van der Waals surface area contributed by atoms with Gasteiger partial charge in [0.25, 0.3) is 5.89 Å². The van der Waals surface area contributed by atoms with Crippen molar-refractivity contribution >= 4 is 11.3 Å². The highest BCUT2D eigenvalue weighted by molar-refractivity contribution is 7.13. The number of hydrogen-bond acceptors (Lipinski definition) is 6. The van der Waals surface area contributed by atoms with Crippen LogP contribution in [-0.2, 0) is 6.54 Å². The number of nitrogens with zero attached hydrogens (tertiary/aromatic N) is 3. The average Bonchev–Trinajstić information content (AvgIpc) is 3.10. The minimum absolute atomic E-state index is 0.638. The molecule has 2 aromatic heterocycles. The Bertz CT molecular complexity index is 523. The van der Waals surface area contributed by atoms with Crippen molar-refractivity contribution in [3.05, 3.63) is 23.3 Å². The van der Waals surface area contributed by atoms with Crippen LogP contribution < -0.4 is 5.32 Å². The summed E-state index contributed by atoms with van der Waals surface area (Å²) in [4.78, 5) is 7.96. The third-order valence-corrected chi connectivity index (χ3v) is 4.52. The zero-order valence-corrected chi connectivity index (χ0v) is 12.5. The summed E-state index contributed by atoms with van der Waals surface area (Å²) < 4.78 is 5.34. The number of piperidine rings is 1. The predicted octanol–water partition coefficient (Wildman–Crippen LogP) is 2.23. The van der Waals surface area contributed by atoms with Gasteiger partial charge in [-0.25, -0.2) is 0 Å². The van der Waals surface area contributed by atoms with Gasteiger partial charge in [0.05, 0.1) is 11.4 Å². The van der Waals surface area contributed by atoms with Gasteiger partial charge in [0.15, 0.2) is 5.82 Å². The van der Waals surface area contributed by atoms with Crippen molar-refractivity contribution < 1.29 is 4.52 Å². The fourth-order valence-electron chi connectivity index (χ4n) is 2.77. The molecule has 0 aliphatic carbocycles. The van der Waals surface area contributed by atoms with Crippen LogP contribution in [-0.4, -0.2) is 41.7 Å². The Kier molecular flexibility index (Phi) is 4.44. The number of hydrogen-bond donors (Lipinski definition) is 1.